The van der Waals surface area contributed by atoms with Crippen molar-refractivity contribution in [3.8, 4) is 28.2 Å². The van der Waals surface area contributed by atoms with E-state index >= 15 is 0 Å². The van der Waals surface area contributed by atoms with Crippen molar-refractivity contribution in [2.45, 2.75) is 71.3 Å². The molecule has 0 aliphatic heterocycles. The molecule has 5 heteroatoms. The van der Waals surface area contributed by atoms with E-state index in [1.807, 2.05) is 42.5 Å². The fourth-order valence-electron chi connectivity index (χ4n) is 8.44. The highest BCUT2D eigenvalue weighted by atomic mass is 16.5. The highest BCUT2D eigenvalue weighted by Gasteiger charge is 2.56. The Hall–Kier alpha value is -3.86. The molecule has 0 radical (unpaired) electrons. The zero-order valence-electron chi connectivity index (χ0n) is 23.9. The van der Waals surface area contributed by atoms with Gasteiger partial charge in [0.15, 0.2) is 0 Å². The van der Waals surface area contributed by atoms with Crippen molar-refractivity contribution in [1.82, 2.24) is 0 Å². The monoisotopic (exact) mass is 548 g/mol. The Morgan fingerprint density at radius 3 is 2.39 bits per heavy atom. The van der Waals surface area contributed by atoms with E-state index in [0.29, 0.717) is 23.5 Å². The first-order chi connectivity index (χ1) is 19.8. The van der Waals surface area contributed by atoms with Crippen LogP contribution in [0.5, 0.6) is 5.75 Å². The summed E-state index contributed by atoms with van der Waals surface area (Å²) in [5.41, 5.74) is 6.99. The summed E-state index contributed by atoms with van der Waals surface area (Å²) < 4.78 is 17.8. The minimum absolute atomic E-state index is 0.0405. The van der Waals surface area contributed by atoms with Crippen LogP contribution in [-0.4, -0.2) is 18.0 Å². The molecule has 41 heavy (non-hydrogen) atoms. The van der Waals surface area contributed by atoms with Crippen LogP contribution in [0.25, 0.3) is 33.4 Å². The number of carbonyl (C=O) groups is 2. The highest BCUT2D eigenvalue weighted by molar-refractivity contribution is 6.02. The van der Waals surface area contributed by atoms with E-state index in [1.54, 1.807) is 6.92 Å². The quantitative estimate of drug-likeness (QED) is 0.189. The second-order valence-electron chi connectivity index (χ2n) is 12.5. The Labute approximate surface area is 240 Å². The minimum atomic E-state index is -0.331. The Kier molecular flexibility index (Phi) is 6.29. The summed E-state index contributed by atoms with van der Waals surface area (Å²) in [4.78, 5) is 23.3. The van der Waals surface area contributed by atoms with Gasteiger partial charge in [-0.05, 0) is 97.2 Å². The van der Waals surface area contributed by atoms with Crippen molar-refractivity contribution in [2.75, 3.05) is 0 Å². The minimum Gasteiger partial charge on any atom is -0.462 e. The van der Waals surface area contributed by atoms with Crippen LogP contribution in [0.4, 0.5) is 0 Å². The summed E-state index contributed by atoms with van der Waals surface area (Å²) in [6.07, 6.45) is 6.57. The number of carbonyl (C=O) groups excluding carboxylic acids is 2. The van der Waals surface area contributed by atoms with Crippen molar-refractivity contribution in [3.05, 3.63) is 77.9 Å². The molecule has 1 heterocycles. The summed E-state index contributed by atoms with van der Waals surface area (Å²) in [6.45, 7) is 5.32. The van der Waals surface area contributed by atoms with Gasteiger partial charge in [-0.25, -0.2) is 0 Å². The molecule has 0 spiro atoms. The van der Waals surface area contributed by atoms with Gasteiger partial charge in [0.1, 0.15) is 23.2 Å². The van der Waals surface area contributed by atoms with Gasteiger partial charge in [0.2, 0.25) is 0 Å². The fraction of sp³-hybridized carbons (Fsp3) is 0.389. The lowest BCUT2D eigenvalue weighted by atomic mass is 9.55. The Bertz CT molecular complexity index is 1630. The number of hydrogen-bond donors (Lipinski definition) is 0. The molecule has 7 rings (SSSR count). The normalized spacial score (nSPS) is 26.6. The maximum Gasteiger partial charge on any atom is 0.308 e. The van der Waals surface area contributed by atoms with Crippen LogP contribution in [0.2, 0.25) is 0 Å². The third-order valence-corrected chi connectivity index (χ3v) is 10.2. The van der Waals surface area contributed by atoms with E-state index in [9.17, 15) is 9.59 Å². The average Bonchev–Trinajstić information content (AvgIpc) is 3.49. The van der Waals surface area contributed by atoms with Gasteiger partial charge >= 0.3 is 11.9 Å². The Balaban J connectivity index is 1.32. The number of esters is 2. The molecule has 1 aromatic heterocycles. The first-order valence-corrected chi connectivity index (χ1v) is 14.9. The number of hydrogen-bond acceptors (Lipinski definition) is 5. The molecule has 0 bridgehead atoms. The Morgan fingerprint density at radius 1 is 0.878 bits per heavy atom. The van der Waals surface area contributed by atoms with Crippen LogP contribution >= 0.6 is 0 Å². The Morgan fingerprint density at radius 2 is 1.66 bits per heavy atom. The molecule has 2 saturated carbocycles. The van der Waals surface area contributed by atoms with E-state index in [0.717, 1.165) is 65.5 Å². The molecule has 3 aliphatic rings. The van der Waals surface area contributed by atoms with Crippen molar-refractivity contribution in [1.29, 1.82) is 0 Å². The van der Waals surface area contributed by atoms with Crippen LogP contribution in [0, 0.1) is 17.3 Å². The molecule has 4 aromatic rings. The number of aryl methyl sites for hydroxylation is 1. The van der Waals surface area contributed by atoms with Crippen LogP contribution in [-0.2, 0) is 20.7 Å². The van der Waals surface area contributed by atoms with E-state index in [2.05, 4.69) is 31.2 Å². The van der Waals surface area contributed by atoms with Crippen molar-refractivity contribution < 1.29 is 23.5 Å². The number of benzene rings is 3. The van der Waals surface area contributed by atoms with Gasteiger partial charge in [-0.3, -0.25) is 9.59 Å². The molecule has 210 valence electrons. The van der Waals surface area contributed by atoms with E-state index in [1.165, 1.54) is 24.5 Å². The number of rotatable bonds is 4. The number of fused-ring (bicyclic) bond motifs is 6. The van der Waals surface area contributed by atoms with Gasteiger partial charge in [-0.15, -0.1) is 0 Å². The summed E-state index contributed by atoms with van der Waals surface area (Å²) in [6, 6.07) is 22.7. The SMILES string of the molecule is CC(=O)Oc1ccc(-c2c(-c3ccccc3)oc3cc4c(cc23)C2CCC3(C)C(OC(C)=O)CCC3C2CC4)cc1. The smallest absolute Gasteiger partial charge is 0.308 e. The predicted octanol–water partition coefficient (Wildman–Crippen LogP) is 8.48. The molecular weight excluding hydrogens is 512 g/mol. The molecule has 0 saturated heterocycles. The second kappa shape index (κ2) is 9.90. The molecule has 5 nitrogen and oxygen atoms in total. The lowest BCUT2D eigenvalue weighted by Crippen LogP contribution is -2.45. The first-order valence-electron chi connectivity index (χ1n) is 14.9. The fourth-order valence-corrected chi connectivity index (χ4v) is 8.44. The van der Waals surface area contributed by atoms with E-state index in [-0.39, 0.29) is 23.5 Å². The van der Waals surface area contributed by atoms with Crippen molar-refractivity contribution in [2.24, 2.45) is 17.3 Å². The topological polar surface area (TPSA) is 65.7 Å². The zero-order chi connectivity index (χ0) is 28.3. The average molecular weight is 549 g/mol. The molecular formula is C36H36O5. The summed E-state index contributed by atoms with van der Waals surface area (Å²) in [7, 11) is 0. The van der Waals surface area contributed by atoms with Crippen LogP contribution in [0.3, 0.4) is 0 Å². The van der Waals surface area contributed by atoms with E-state index < -0.39 is 0 Å². The van der Waals surface area contributed by atoms with Gasteiger partial charge < -0.3 is 13.9 Å². The van der Waals surface area contributed by atoms with Crippen molar-refractivity contribution >= 4 is 22.9 Å². The van der Waals surface area contributed by atoms with Gasteiger partial charge in [-0.1, -0.05) is 49.4 Å². The van der Waals surface area contributed by atoms with Gasteiger partial charge in [0.05, 0.1) is 0 Å². The third kappa shape index (κ3) is 4.37. The molecule has 5 unspecified atom stereocenters. The predicted molar refractivity (Wildman–Crippen MR) is 159 cm³/mol. The standard InChI is InChI=1S/C36H36O5/c1-21(37)39-26-12-9-23(10-13-26)34-30-20-29-25(19-32(30)41-35(34)24-7-5-4-6-8-24)11-14-28-27(29)17-18-36(3)31(28)15-16-33(36)40-22(2)38/h4-10,12-13,19-20,27-28,31,33H,11,14-18H2,1-3H3. The lowest BCUT2D eigenvalue weighted by Gasteiger charge is -2.50. The van der Waals surface area contributed by atoms with Gasteiger partial charge in [-0.2, -0.15) is 0 Å². The maximum atomic E-state index is 11.9. The zero-order valence-corrected chi connectivity index (χ0v) is 23.9. The summed E-state index contributed by atoms with van der Waals surface area (Å²) in [5.74, 6) is 2.59. The number of furan rings is 1. The molecule has 0 N–H and O–H groups in total. The van der Waals surface area contributed by atoms with Crippen molar-refractivity contribution in [3.63, 3.8) is 0 Å². The van der Waals surface area contributed by atoms with E-state index in [4.69, 9.17) is 13.9 Å². The molecule has 3 aromatic carbocycles. The largest absolute Gasteiger partial charge is 0.462 e. The molecule has 2 fully saturated rings. The molecule has 5 atom stereocenters. The lowest BCUT2D eigenvalue weighted by molar-refractivity contribution is -0.154. The molecule has 0 amide bonds. The maximum absolute atomic E-state index is 11.9. The first kappa shape index (κ1) is 26.1. The second-order valence-corrected chi connectivity index (χ2v) is 12.5. The third-order valence-electron chi connectivity index (χ3n) is 10.2. The molecule has 3 aliphatic carbocycles. The summed E-state index contributed by atoms with van der Waals surface area (Å²) in [5, 5.41) is 1.13. The number of ether oxygens (including phenoxy) is 2. The van der Waals surface area contributed by atoms with Crippen LogP contribution in [0.1, 0.15) is 69.9 Å². The van der Waals surface area contributed by atoms with Crippen LogP contribution < -0.4 is 4.74 Å². The van der Waals surface area contributed by atoms with Gasteiger partial charge in [0.25, 0.3) is 0 Å². The summed E-state index contributed by atoms with van der Waals surface area (Å²) >= 11 is 0. The van der Waals surface area contributed by atoms with Gasteiger partial charge in [0, 0.05) is 35.8 Å². The van der Waals surface area contributed by atoms with Crippen LogP contribution in [0.15, 0.2) is 71.1 Å². The highest BCUT2D eigenvalue weighted by Crippen LogP contribution is 2.62.